The summed E-state index contributed by atoms with van der Waals surface area (Å²) in [4.78, 5) is 21.7. The smallest absolute Gasteiger partial charge is 0.352 e. The lowest BCUT2D eigenvalue weighted by molar-refractivity contribution is -0.134. The topological polar surface area (TPSA) is 92.4 Å². The third-order valence-corrected chi connectivity index (χ3v) is 2.20. The lowest BCUT2D eigenvalue weighted by Crippen LogP contribution is -2.24. The van der Waals surface area contributed by atoms with Crippen LogP contribution < -0.4 is 11.1 Å². The molecule has 6 heteroatoms. The summed E-state index contributed by atoms with van der Waals surface area (Å²) in [6, 6.07) is 4.68. The van der Waals surface area contributed by atoms with Crippen LogP contribution in [0.5, 0.6) is 0 Å². The van der Waals surface area contributed by atoms with Crippen molar-refractivity contribution in [2.24, 2.45) is 0 Å². The Labute approximate surface area is 103 Å². The molecule has 0 aromatic heterocycles. The first-order chi connectivity index (χ1) is 7.90. The Kier molecular flexibility index (Phi) is 4.12. The molecule has 90 valence electrons. The van der Waals surface area contributed by atoms with Gasteiger partial charge in [0.15, 0.2) is 0 Å². The Balaban J connectivity index is 3.08. The number of benzene rings is 1. The molecule has 0 aliphatic rings. The third kappa shape index (κ3) is 3.81. The Morgan fingerprint density at radius 1 is 1.47 bits per heavy atom. The van der Waals surface area contributed by atoms with Crippen molar-refractivity contribution in [3.05, 3.63) is 34.5 Å². The zero-order valence-corrected chi connectivity index (χ0v) is 9.78. The van der Waals surface area contributed by atoms with E-state index in [0.717, 1.165) is 0 Å². The number of amides is 1. The molecule has 0 aliphatic carbocycles. The Hall–Kier alpha value is -2.01. The minimum absolute atomic E-state index is 0.224. The second-order valence-electron chi connectivity index (χ2n) is 3.33. The van der Waals surface area contributed by atoms with E-state index in [1.54, 1.807) is 12.1 Å². The molecule has 0 bridgehead atoms. The molecule has 0 aliphatic heterocycles. The second kappa shape index (κ2) is 5.36. The standard InChI is InChI=1S/C11H11ClN2O3/c1-6(15)14-10(11(16)17)5-7-2-3-9(13)8(12)4-7/h2-5H,13H2,1H3,(H,14,15)(H,16,17)/b10-5+. The maximum Gasteiger partial charge on any atom is 0.352 e. The van der Waals surface area contributed by atoms with Crippen molar-refractivity contribution in [3.63, 3.8) is 0 Å². The summed E-state index contributed by atoms with van der Waals surface area (Å²) in [6.07, 6.45) is 1.30. The molecule has 0 spiro atoms. The molecule has 0 saturated carbocycles. The van der Waals surface area contributed by atoms with Crippen molar-refractivity contribution >= 4 is 35.2 Å². The third-order valence-electron chi connectivity index (χ3n) is 1.88. The highest BCUT2D eigenvalue weighted by Crippen LogP contribution is 2.20. The van der Waals surface area contributed by atoms with Gasteiger partial charge in [0, 0.05) is 6.92 Å². The van der Waals surface area contributed by atoms with Crippen LogP contribution >= 0.6 is 11.6 Å². The van der Waals surface area contributed by atoms with Gasteiger partial charge in [-0.15, -0.1) is 0 Å². The summed E-state index contributed by atoms with van der Waals surface area (Å²) in [6.45, 7) is 1.23. The molecule has 17 heavy (non-hydrogen) atoms. The van der Waals surface area contributed by atoms with Crippen LogP contribution in [0.4, 0.5) is 5.69 Å². The molecule has 0 saturated heterocycles. The van der Waals surface area contributed by atoms with E-state index in [9.17, 15) is 9.59 Å². The fourth-order valence-corrected chi connectivity index (χ4v) is 1.33. The van der Waals surface area contributed by atoms with E-state index in [1.165, 1.54) is 19.1 Å². The maximum atomic E-state index is 10.9. The molecule has 1 aromatic rings. The van der Waals surface area contributed by atoms with Crippen LogP contribution in [0.3, 0.4) is 0 Å². The highest BCUT2D eigenvalue weighted by molar-refractivity contribution is 6.33. The van der Waals surface area contributed by atoms with Crippen LogP contribution in [0.25, 0.3) is 6.08 Å². The summed E-state index contributed by atoms with van der Waals surface area (Å²) in [5, 5.41) is 11.4. The summed E-state index contributed by atoms with van der Waals surface area (Å²) in [5.41, 5.74) is 6.24. The van der Waals surface area contributed by atoms with Crippen LogP contribution in [0.15, 0.2) is 23.9 Å². The van der Waals surface area contributed by atoms with Gasteiger partial charge >= 0.3 is 5.97 Å². The summed E-state index contributed by atoms with van der Waals surface area (Å²) in [7, 11) is 0. The highest BCUT2D eigenvalue weighted by atomic mass is 35.5. The summed E-state index contributed by atoms with van der Waals surface area (Å²) < 4.78 is 0. The lowest BCUT2D eigenvalue weighted by Gasteiger charge is -2.04. The number of hydrogen-bond donors (Lipinski definition) is 3. The molecule has 5 nitrogen and oxygen atoms in total. The Morgan fingerprint density at radius 2 is 2.12 bits per heavy atom. The monoisotopic (exact) mass is 254 g/mol. The number of carbonyl (C=O) groups excluding carboxylic acids is 1. The van der Waals surface area contributed by atoms with E-state index >= 15 is 0 Å². The van der Waals surface area contributed by atoms with Crippen molar-refractivity contribution in [1.29, 1.82) is 0 Å². The first kappa shape index (κ1) is 13.1. The maximum absolute atomic E-state index is 10.9. The molecule has 0 atom stereocenters. The van der Waals surface area contributed by atoms with E-state index in [2.05, 4.69) is 5.32 Å². The number of halogens is 1. The van der Waals surface area contributed by atoms with Gasteiger partial charge in [0.2, 0.25) is 5.91 Å². The van der Waals surface area contributed by atoms with Crippen molar-refractivity contribution in [2.45, 2.75) is 6.92 Å². The quantitative estimate of drug-likeness (QED) is 0.563. The van der Waals surface area contributed by atoms with Crippen molar-refractivity contribution in [2.75, 3.05) is 5.73 Å². The molecule has 1 rings (SSSR count). The van der Waals surface area contributed by atoms with Crippen LogP contribution in [-0.2, 0) is 9.59 Å². The number of carboxylic acids is 1. The number of aliphatic carboxylic acids is 1. The zero-order valence-electron chi connectivity index (χ0n) is 9.03. The number of rotatable bonds is 3. The predicted molar refractivity (Wildman–Crippen MR) is 65.3 cm³/mol. The van der Waals surface area contributed by atoms with E-state index in [0.29, 0.717) is 16.3 Å². The molecule has 1 aromatic carbocycles. The molecule has 4 N–H and O–H groups in total. The lowest BCUT2D eigenvalue weighted by atomic mass is 10.1. The fraction of sp³-hybridized carbons (Fsp3) is 0.0909. The average Bonchev–Trinajstić information content (AvgIpc) is 2.21. The summed E-state index contributed by atoms with van der Waals surface area (Å²) in [5.74, 6) is -1.69. The van der Waals surface area contributed by atoms with Gasteiger partial charge in [0.1, 0.15) is 5.70 Å². The van der Waals surface area contributed by atoms with Gasteiger partial charge in [-0.25, -0.2) is 4.79 Å². The Bertz CT molecular complexity index is 497. The van der Waals surface area contributed by atoms with Crippen LogP contribution in [0.1, 0.15) is 12.5 Å². The van der Waals surface area contributed by atoms with Gasteiger partial charge in [-0.1, -0.05) is 17.7 Å². The Morgan fingerprint density at radius 3 is 2.59 bits per heavy atom. The van der Waals surface area contributed by atoms with Gasteiger partial charge in [-0.05, 0) is 23.8 Å². The number of nitrogen functional groups attached to an aromatic ring is 1. The largest absolute Gasteiger partial charge is 0.477 e. The molecule has 1 amide bonds. The van der Waals surface area contributed by atoms with E-state index in [-0.39, 0.29) is 5.70 Å². The van der Waals surface area contributed by atoms with Crippen LogP contribution in [0.2, 0.25) is 5.02 Å². The van der Waals surface area contributed by atoms with Gasteiger partial charge in [0.05, 0.1) is 10.7 Å². The van der Waals surface area contributed by atoms with E-state index in [1.807, 2.05) is 0 Å². The van der Waals surface area contributed by atoms with Crippen molar-refractivity contribution in [3.8, 4) is 0 Å². The highest BCUT2D eigenvalue weighted by Gasteiger charge is 2.09. The number of hydrogen-bond acceptors (Lipinski definition) is 3. The molecular formula is C11H11ClN2O3. The second-order valence-corrected chi connectivity index (χ2v) is 3.73. The number of nitrogens with two attached hydrogens (primary N) is 1. The van der Waals surface area contributed by atoms with Gasteiger partial charge < -0.3 is 16.2 Å². The molecule has 0 unspecified atom stereocenters. The van der Waals surface area contributed by atoms with Crippen molar-refractivity contribution in [1.82, 2.24) is 5.32 Å². The molecular weight excluding hydrogens is 244 g/mol. The number of carbonyl (C=O) groups is 2. The zero-order chi connectivity index (χ0) is 13.0. The normalized spacial score (nSPS) is 11.1. The summed E-state index contributed by atoms with van der Waals surface area (Å²) >= 11 is 5.79. The average molecular weight is 255 g/mol. The van der Waals surface area contributed by atoms with Crippen LogP contribution in [0, 0.1) is 0 Å². The SMILES string of the molecule is CC(=O)N/C(=C/c1ccc(N)c(Cl)c1)C(=O)O. The number of anilines is 1. The van der Waals surface area contributed by atoms with Crippen LogP contribution in [-0.4, -0.2) is 17.0 Å². The number of carboxylic acid groups (broad SMARTS) is 1. The van der Waals surface area contributed by atoms with Crippen molar-refractivity contribution < 1.29 is 14.7 Å². The van der Waals surface area contributed by atoms with Gasteiger partial charge in [-0.3, -0.25) is 4.79 Å². The first-order valence-electron chi connectivity index (χ1n) is 4.67. The van der Waals surface area contributed by atoms with E-state index in [4.69, 9.17) is 22.4 Å². The minimum Gasteiger partial charge on any atom is -0.477 e. The van der Waals surface area contributed by atoms with Gasteiger partial charge in [-0.2, -0.15) is 0 Å². The minimum atomic E-state index is -1.23. The van der Waals surface area contributed by atoms with E-state index < -0.39 is 11.9 Å². The molecule has 0 fully saturated rings. The predicted octanol–water partition coefficient (Wildman–Crippen LogP) is 1.48. The molecule has 0 heterocycles. The first-order valence-corrected chi connectivity index (χ1v) is 5.05. The molecule has 0 radical (unpaired) electrons. The fourth-order valence-electron chi connectivity index (χ4n) is 1.14. The number of nitrogens with one attached hydrogen (secondary N) is 1. The van der Waals surface area contributed by atoms with Gasteiger partial charge in [0.25, 0.3) is 0 Å².